The van der Waals surface area contributed by atoms with E-state index in [9.17, 15) is 8.78 Å². The van der Waals surface area contributed by atoms with Crippen LogP contribution in [0.1, 0.15) is 51.4 Å². The Balaban J connectivity index is 0.000000637. The van der Waals surface area contributed by atoms with Crippen molar-refractivity contribution in [1.29, 1.82) is 0 Å². The zero-order valence-electron chi connectivity index (χ0n) is 11.7. The van der Waals surface area contributed by atoms with Crippen LogP contribution >= 0.6 is 0 Å². The molecule has 0 aliphatic heterocycles. The zero-order chi connectivity index (χ0) is 14.0. The number of halogens is 2. The minimum Gasteiger partial charge on any atom is -0.323 e. The molecule has 1 aliphatic carbocycles. The summed E-state index contributed by atoms with van der Waals surface area (Å²) < 4.78 is 29.1. The van der Waals surface area contributed by atoms with Crippen molar-refractivity contribution in [3.63, 3.8) is 0 Å². The van der Waals surface area contributed by atoms with E-state index in [2.05, 4.69) is 4.98 Å². The fourth-order valence-electron chi connectivity index (χ4n) is 2.85. The third-order valence-corrected chi connectivity index (χ3v) is 3.61. The second-order valence-electron chi connectivity index (χ2n) is 4.70. The number of aryl methyl sites for hydroxylation is 1. The molecule has 3 rings (SSSR count). The van der Waals surface area contributed by atoms with Crippen LogP contribution in [0.2, 0.25) is 0 Å². The molecule has 0 unspecified atom stereocenters. The third kappa shape index (κ3) is 2.36. The number of rotatable bonds is 1. The lowest BCUT2D eigenvalue weighted by molar-refractivity contribution is 0.487. The lowest BCUT2D eigenvalue weighted by atomic mass is 10.2. The largest absolute Gasteiger partial charge is 0.323 e. The molecule has 19 heavy (non-hydrogen) atoms. The van der Waals surface area contributed by atoms with Gasteiger partial charge in [-0.25, -0.2) is 13.8 Å². The molecule has 0 radical (unpaired) electrons. The van der Waals surface area contributed by atoms with Crippen LogP contribution in [0.5, 0.6) is 0 Å². The van der Waals surface area contributed by atoms with Gasteiger partial charge in [-0.2, -0.15) is 0 Å². The number of fused-ring (bicyclic) bond motifs is 1. The lowest BCUT2D eigenvalue weighted by Crippen LogP contribution is -2.07. The number of hydrogen-bond donors (Lipinski definition) is 0. The molecule has 0 bridgehead atoms. The molecule has 1 fully saturated rings. The van der Waals surface area contributed by atoms with Crippen LogP contribution in [0.4, 0.5) is 8.78 Å². The lowest BCUT2D eigenvalue weighted by Gasteiger charge is -2.14. The van der Waals surface area contributed by atoms with E-state index >= 15 is 0 Å². The quantitative estimate of drug-likeness (QED) is 0.727. The average molecular weight is 266 g/mol. The molecule has 104 valence electrons. The van der Waals surface area contributed by atoms with E-state index in [4.69, 9.17) is 0 Å². The van der Waals surface area contributed by atoms with Crippen molar-refractivity contribution < 1.29 is 8.78 Å². The van der Waals surface area contributed by atoms with Crippen LogP contribution in [0.15, 0.2) is 12.1 Å². The Hall–Kier alpha value is -1.45. The molecule has 1 heterocycles. The molecular weight excluding hydrogens is 246 g/mol. The average Bonchev–Trinajstić information content (AvgIpc) is 3.03. The molecule has 1 aromatic heterocycles. The minimum absolute atomic E-state index is 0.274. The van der Waals surface area contributed by atoms with E-state index < -0.39 is 11.6 Å². The Bertz CT molecular complexity index is 569. The van der Waals surface area contributed by atoms with Crippen LogP contribution in [0.3, 0.4) is 0 Å². The van der Waals surface area contributed by atoms with Gasteiger partial charge in [0.05, 0.1) is 5.52 Å². The first-order chi connectivity index (χ1) is 9.18. The molecule has 0 atom stereocenters. The third-order valence-electron chi connectivity index (χ3n) is 3.61. The normalized spacial score (nSPS) is 15.6. The standard InChI is InChI=1S/C13H14F2N2.C2H6/c1-8-16-11-7-6-10(14)12(15)13(11)17(8)9-4-2-3-5-9;1-2/h6-7,9H,2-5H2,1H3;1-2H3. The van der Waals surface area contributed by atoms with Gasteiger partial charge in [-0.3, -0.25) is 0 Å². The molecule has 1 saturated carbocycles. The van der Waals surface area contributed by atoms with E-state index in [-0.39, 0.29) is 6.04 Å². The van der Waals surface area contributed by atoms with Gasteiger partial charge >= 0.3 is 0 Å². The summed E-state index contributed by atoms with van der Waals surface area (Å²) in [5, 5.41) is 0. The number of aromatic nitrogens is 2. The van der Waals surface area contributed by atoms with Gasteiger partial charge in [-0.15, -0.1) is 0 Å². The fraction of sp³-hybridized carbons (Fsp3) is 0.533. The summed E-state index contributed by atoms with van der Waals surface area (Å²) in [7, 11) is 0. The highest BCUT2D eigenvalue weighted by atomic mass is 19.2. The second-order valence-corrected chi connectivity index (χ2v) is 4.70. The van der Waals surface area contributed by atoms with Crippen molar-refractivity contribution in [2.24, 2.45) is 0 Å². The first-order valence-electron chi connectivity index (χ1n) is 7.01. The van der Waals surface area contributed by atoms with Crippen molar-refractivity contribution in [3.05, 3.63) is 29.6 Å². The summed E-state index contributed by atoms with van der Waals surface area (Å²) in [5.74, 6) is -0.789. The predicted molar refractivity (Wildman–Crippen MR) is 73.2 cm³/mol. The summed E-state index contributed by atoms with van der Waals surface area (Å²) in [6.45, 7) is 5.86. The van der Waals surface area contributed by atoms with Gasteiger partial charge < -0.3 is 4.57 Å². The van der Waals surface area contributed by atoms with Gasteiger partial charge in [0.15, 0.2) is 11.6 Å². The number of imidazole rings is 1. The number of benzene rings is 1. The monoisotopic (exact) mass is 266 g/mol. The SMILES string of the molecule is CC.Cc1nc2ccc(F)c(F)c2n1C1CCCC1. The van der Waals surface area contributed by atoms with Gasteiger partial charge in [0.1, 0.15) is 11.3 Å². The highest BCUT2D eigenvalue weighted by Crippen LogP contribution is 2.34. The number of nitrogens with zero attached hydrogens (tertiary/aromatic N) is 2. The van der Waals surface area contributed by atoms with E-state index in [1.807, 2.05) is 25.3 Å². The Labute approximate surface area is 112 Å². The first-order valence-corrected chi connectivity index (χ1v) is 7.01. The highest BCUT2D eigenvalue weighted by molar-refractivity contribution is 5.77. The van der Waals surface area contributed by atoms with Gasteiger partial charge in [0, 0.05) is 6.04 Å². The van der Waals surface area contributed by atoms with E-state index in [1.54, 1.807) is 6.07 Å². The highest BCUT2D eigenvalue weighted by Gasteiger charge is 2.23. The molecule has 0 spiro atoms. The molecule has 0 amide bonds. The van der Waals surface area contributed by atoms with Crippen molar-refractivity contribution in [1.82, 2.24) is 9.55 Å². The van der Waals surface area contributed by atoms with Crippen molar-refractivity contribution in [2.75, 3.05) is 0 Å². The van der Waals surface area contributed by atoms with Gasteiger partial charge in [0.2, 0.25) is 0 Å². The van der Waals surface area contributed by atoms with Crippen LogP contribution < -0.4 is 0 Å². The molecule has 0 saturated heterocycles. The molecule has 1 aliphatic rings. The first kappa shape index (κ1) is 14.0. The topological polar surface area (TPSA) is 17.8 Å². The Morgan fingerprint density at radius 1 is 1.16 bits per heavy atom. The van der Waals surface area contributed by atoms with Crippen LogP contribution in [-0.2, 0) is 0 Å². The Morgan fingerprint density at radius 2 is 1.79 bits per heavy atom. The Kier molecular flexibility index (Phi) is 4.17. The molecular formula is C15H20F2N2. The van der Waals surface area contributed by atoms with Crippen molar-refractivity contribution in [2.45, 2.75) is 52.5 Å². The minimum atomic E-state index is -0.795. The van der Waals surface area contributed by atoms with Crippen LogP contribution in [0.25, 0.3) is 11.0 Å². The summed E-state index contributed by atoms with van der Waals surface area (Å²) in [6.07, 6.45) is 4.37. The second kappa shape index (κ2) is 5.68. The summed E-state index contributed by atoms with van der Waals surface area (Å²) in [6, 6.07) is 2.96. The smallest absolute Gasteiger partial charge is 0.184 e. The zero-order valence-corrected chi connectivity index (χ0v) is 11.7. The van der Waals surface area contributed by atoms with Crippen LogP contribution in [-0.4, -0.2) is 9.55 Å². The van der Waals surface area contributed by atoms with Crippen molar-refractivity contribution >= 4 is 11.0 Å². The van der Waals surface area contributed by atoms with E-state index in [1.165, 1.54) is 0 Å². The predicted octanol–water partition coefficient (Wildman–Crippen LogP) is 4.76. The Morgan fingerprint density at radius 3 is 2.42 bits per heavy atom. The molecule has 2 nitrogen and oxygen atoms in total. The van der Waals surface area contributed by atoms with Gasteiger partial charge in [-0.05, 0) is 31.9 Å². The van der Waals surface area contributed by atoms with E-state index in [0.29, 0.717) is 11.0 Å². The molecule has 2 aromatic rings. The van der Waals surface area contributed by atoms with Crippen LogP contribution in [0, 0.1) is 18.6 Å². The maximum Gasteiger partial charge on any atom is 0.184 e. The summed E-state index contributed by atoms with van der Waals surface area (Å²) >= 11 is 0. The van der Waals surface area contributed by atoms with Crippen molar-refractivity contribution in [3.8, 4) is 0 Å². The molecule has 0 N–H and O–H groups in total. The molecule has 4 heteroatoms. The molecule has 1 aromatic carbocycles. The fourth-order valence-corrected chi connectivity index (χ4v) is 2.85. The van der Waals surface area contributed by atoms with E-state index in [0.717, 1.165) is 37.6 Å². The maximum absolute atomic E-state index is 13.9. The summed E-state index contributed by atoms with van der Waals surface area (Å²) in [5.41, 5.74) is 0.878. The van der Waals surface area contributed by atoms with Gasteiger partial charge in [-0.1, -0.05) is 26.7 Å². The summed E-state index contributed by atoms with van der Waals surface area (Å²) in [4.78, 5) is 4.32. The van der Waals surface area contributed by atoms with Gasteiger partial charge in [0.25, 0.3) is 0 Å². The maximum atomic E-state index is 13.9. The number of hydrogen-bond acceptors (Lipinski definition) is 1.